The number of carbonyl (C=O) groups excluding carboxylic acids is 2. The minimum atomic E-state index is -0.261. The summed E-state index contributed by atoms with van der Waals surface area (Å²) >= 11 is 0. The summed E-state index contributed by atoms with van der Waals surface area (Å²) < 4.78 is 10.9. The van der Waals surface area contributed by atoms with Crippen molar-refractivity contribution in [2.45, 2.75) is 12.5 Å². The first-order valence-corrected chi connectivity index (χ1v) is 9.95. The average Bonchev–Trinajstić information content (AvgIpc) is 3.29. The number of benzene rings is 3. The highest BCUT2D eigenvalue weighted by atomic mass is 16.5. The molecule has 0 fully saturated rings. The Kier molecular flexibility index (Phi) is 6.08. The number of hydrazone groups is 1. The molecule has 3 aromatic carbocycles. The topological polar surface area (TPSA) is 68.2 Å². The van der Waals surface area contributed by atoms with Crippen molar-refractivity contribution in [3.63, 3.8) is 0 Å². The van der Waals surface area contributed by atoms with Gasteiger partial charge in [0.15, 0.2) is 6.61 Å². The number of aldehydes is 1. The Morgan fingerprint density at radius 3 is 2.52 bits per heavy atom. The van der Waals surface area contributed by atoms with Gasteiger partial charge in [0, 0.05) is 12.0 Å². The third-order valence-electron chi connectivity index (χ3n) is 5.13. The first kappa shape index (κ1) is 20.3. The molecule has 0 aliphatic carbocycles. The van der Waals surface area contributed by atoms with Crippen molar-refractivity contribution in [2.75, 3.05) is 13.7 Å². The van der Waals surface area contributed by atoms with Crippen LogP contribution in [0.2, 0.25) is 0 Å². The molecule has 1 aliphatic rings. The van der Waals surface area contributed by atoms with E-state index in [-0.39, 0.29) is 18.6 Å². The van der Waals surface area contributed by atoms with Gasteiger partial charge >= 0.3 is 0 Å². The average molecular weight is 414 g/mol. The van der Waals surface area contributed by atoms with Crippen LogP contribution in [0.1, 0.15) is 33.9 Å². The van der Waals surface area contributed by atoms with Crippen LogP contribution in [-0.2, 0) is 4.79 Å². The van der Waals surface area contributed by atoms with E-state index >= 15 is 0 Å². The Morgan fingerprint density at radius 1 is 1.03 bits per heavy atom. The maximum atomic E-state index is 13.1. The van der Waals surface area contributed by atoms with Gasteiger partial charge in [0.25, 0.3) is 5.91 Å². The van der Waals surface area contributed by atoms with Crippen LogP contribution in [-0.4, -0.2) is 36.6 Å². The van der Waals surface area contributed by atoms with E-state index in [4.69, 9.17) is 9.47 Å². The van der Waals surface area contributed by atoms with E-state index in [1.54, 1.807) is 31.4 Å². The second-order valence-electron chi connectivity index (χ2n) is 7.12. The Labute approximate surface area is 180 Å². The molecule has 6 nitrogen and oxygen atoms in total. The van der Waals surface area contributed by atoms with E-state index in [0.717, 1.165) is 28.9 Å². The monoisotopic (exact) mass is 414 g/mol. The maximum absolute atomic E-state index is 13.1. The minimum absolute atomic E-state index is 0.180. The van der Waals surface area contributed by atoms with E-state index < -0.39 is 0 Å². The molecule has 0 saturated heterocycles. The molecule has 0 saturated carbocycles. The second-order valence-corrected chi connectivity index (χ2v) is 7.12. The highest BCUT2D eigenvalue weighted by Crippen LogP contribution is 2.33. The van der Waals surface area contributed by atoms with Crippen LogP contribution < -0.4 is 9.47 Å². The lowest BCUT2D eigenvalue weighted by atomic mass is 9.98. The number of carbonyl (C=O) groups is 2. The smallest absolute Gasteiger partial charge is 0.281 e. The van der Waals surface area contributed by atoms with Gasteiger partial charge < -0.3 is 9.47 Å². The van der Waals surface area contributed by atoms with Crippen molar-refractivity contribution >= 4 is 17.9 Å². The van der Waals surface area contributed by atoms with E-state index in [1.807, 2.05) is 54.6 Å². The van der Waals surface area contributed by atoms with Crippen molar-refractivity contribution in [3.8, 4) is 11.5 Å². The highest BCUT2D eigenvalue weighted by Gasteiger charge is 2.33. The molecule has 0 bridgehead atoms. The third kappa shape index (κ3) is 4.64. The Morgan fingerprint density at radius 2 is 1.81 bits per heavy atom. The van der Waals surface area contributed by atoms with Gasteiger partial charge in [-0.25, -0.2) is 5.01 Å². The molecule has 156 valence electrons. The summed E-state index contributed by atoms with van der Waals surface area (Å²) in [5.74, 6) is 0.955. The van der Waals surface area contributed by atoms with E-state index in [9.17, 15) is 9.59 Å². The van der Waals surface area contributed by atoms with Gasteiger partial charge in [-0.15, -0.1) is 0 Å². The van der Waals surface area contributed by atoms with Gasteiger partial charge in [0.2, 0.25) is 0 Å². The molecule has 0 N–H and O–H groups in total. The summed E-state index contributed by atoms with van der Waals surface area (Å²) in [5, 5.41) is 6.13. The Hall–Kier alpha value is -3.93. The van der Waals surface area contributed by atoms with E-state index in [1.165, 1.54) is 5.01 Å². The molecule has 1 aliphatic heterocycles. The summed E-state index contributed by atoms with van der Waals surface area (Å²) in [6, 6.07) is 23.9. The lowest BCUT2D eigenvalue weighted by Gasteiger charge is -2.22. The molecule has 6 heteroatoms. The van der Waals surface area contributed by atoms with Gasteiger partial charge in [-0.05, 0) is 35.4 Å². The van der Waals surface area contributed by atoms with Crippen LogP contribution in [0.3, 0.4) is 0 Å². The van der Waals surface area contributed by atoms with Crippen molar-refractivity contribution < 1.29 is 19.1 Å². The second kappa shape index (κ2) is 9.26. The standard InChI is InChI=1S/C25H22N2O4/c1-30-21-12-10-20(11-13-21)24-15-23(19-7-3-2-4-8-19)26-27(24)25(29)17-31-22-9-5-6-18(14-22)16-28/h2-14,16,24H,15,17H2,1H3/t24-/m0/s1. The largest absolute Gasteiger partial charge is 0.497 e. The molecule has 1 atom stereocenters. The fourth-order valence-corrected chi connectivity index (χ4v) is 3.52. The number of amides is 1. The lowest BCUT2D eigenvalue weighted by molar-refractivity contribution is -0.135. The summed E-state index contributed by atoms with van der Waals surface area (Å²) in [5.41, 5.74) is 3.28. The molecular weight excluding hydrogens is 392 g/mol. The van der Waals surface area contributed by atoms with Gasteiger partial charge in [0.1, 0.15) is 17.8 Å². The van der Waals surface area contributed by atoms with Crippen LogP contribution >= 0.6 is 0 Å². The Balaban J connectivity index is 1.56. The molecule has 1 heterocycles. The number of rotatable bonds is 7. The number of ether oxygens (including phenoxy) is 2. The fourth-order valence-electron chi connectivity index (χ4n) is 3.52. The lowest BCUT2D eigenvalue weighted by Crippen LogP contribution is -2.31. The number of hydrogen-bond donors (Lipinski definition) is 0. The zero-order valence-electron chi connectivity index (χ0n) is 17.1. The van der Waals surface area contributed by atoms with Crippen molar-refractivity contribution in [3.05, 3.63) is 95.6 Å². The summed E-state index contributed by atoms with van der Waals surface area (Å²) in [4.78, 5) is 24.0. The predicted molar refractivity (Wildman–Crippen MR) is 118 cm³/mol. The number of hydrogen-bond acceptors (Lipinski definition) is 5. The van der Waals surface area contributed by atoms with E-state index in [0.29, 0.717) is 17.7 Å². The van der Waals surface area contributed by atoms with Crippen LogP contribution in [0.25, 0.3) is 0 Å². The van der Waals surface area contributed by atoms with Gasteiger partial charge in [-0.1, -0.05) is 54.6 Å². The molecule has 31 heavy (non-hydrogen) atoms. The van der Waals surface area contributed by atoms with Crippen molar-refractivity contribution in [1.82, 2.24) is 5.01 Å². The van der Waals surface area contributed by atoms with Crippen LogP contribution in [0.15, 0.2) is 84.0 Å². The fraction of sp³-hybridized carbons (Fsp3) is 0.160. The maximum Gasteiger partial charge on any atom is 0.281 e. The molecule has 0 unspecified atom stereocenters. The van der Waals surface area contributed by atoms with Gasteiger partial charge in [-0.2, -0.15) is 5.10 Å². The molecule has 0 spiro atoms. The SMILES string of the molecule is COc1ccc([C@@H]2CC(c3ccccc3)=NN2C(=O)COc2cccc(C=O)c2)cc1. The predicted octanol–water partition coefficient (Wildman–Crippen LogP) is 4.26. The first-order chi connectivity index (χ1) is 15.2. The first-order valence-electron chi connectivity index (χ1n) is 9.95. The quantitative estimate of drug-likeness (QED) is 0.542. The van der Waals surface area contributed by atoms with Crippen LogP contribution in [0.4, 0.5) is 0 Å². The van der Waals surface area contributed by atoms with E-state index in [2.05, 4.69) is 5.10 Å². The zero-order valence-corrected chi connectivity index (χ0v) is 17.1. The molecule has 4 rings (SSSR count). The summed E-state index contributed by atoms with van der Waals surface area (Å²) in [6.07, 6.45) is 1.34. The molecule has 3 aromatic rings. The normalized spacial score (nSPS) is 15.3. The molecule has 0 aromatic heterocycles. The van der Waals surface area contributed by atoms with Gasteiger partial charge in [0.05, 0.1) is 18.9 Å². The summed E-state index contributed by atoms with van der Waals surface area (Å²) in [6.45, 7) is -0.180. The molecular formula is C25H22N2O4. The van der Waals surface area contributed by atoms with Crippen molar-refractivity contribution in [1.29, 1.82) is 0 Å². The highest BCUT2D eigenvalue weighted by molar-refractivity contribution is 6.03. The van der Waals surface area contributed by atoms with Crippen LogP contribution in [0.5, 0.6) is 11.5 Å². The molecule has 1 amide bonds. The Bertz CT molecular complexity index is 1090. The third-order valence-corrected chi connectivity index (χ3v) is 5.13. The number of nitrogens with zero attached hydrogens (tertiary/aromatic N) is 2. The summed E-state index contributed by atoms with van der Waals surface area (Å²) in [7, 11) is 1.62. The van der Waals surface area contributed by atoms with Crippen molar-refractivity contribution in [2.24, 2.45) is 5.10 Å². The number of methoxy groups -OCH3 is 1. The minimum Gasteiger partial charge on any atom is -0.497 e. The van der Waals surface area contributed by atoms with Crippen LogP contribution in [0, 0.1) is 0 Å². The molecule has 0 radical (unpaired) electrons. The zero-order chi connectivity index (χ0) is 21.6. The van der Waals surface area contributed by atoms with Gasteiger partial charge in [-0.3, -0.25) is 9.59 Å².